The van der Waals surface area contributed by atoms with Crippen LogP contribution in [0.3, 0.4) is 0 Å². The molecule has 0 aliphatic rings. The van der Waals surface area contributed by atoms with Gasteiger partial charge in [0.15, 0.2) is 0 Å². The fourth-order valence-corrected chi connectivity index (χ4v) is 0.833. The highest BCUT2D eigenvalue weighted by atomic mass is 16.6. The van der Waals surface area contributed by atoms with Gasteiger partial charge in [-0.2, -0.15) is 0 Å². The monoisotopic (exact) mass is 229 g/mol. The molecule has 0 aromatic carbocycles. The summed E-state index contributed by atoms with van der Waals surface area (Å²) in [7, 11) is 1.29. The lowest BCUT2D eigenvalue weighted by molar-refractivity contribution is -0.134. The zero-order valence-corrected chi connectivity index (χ0v) is 10.4. The maximum Gasteiger partial charge on any atom is 0.408 e. The van der Waals surface area contributed by atoms with Crippen molar-refractivity contribution in [2.75, 3.05) is 7.11 Å². The number of carbonyl (C=O) groups excluding carboxylic acids is 2. The van der Waals surface area contributed by atoms with Gasteiger partial charge in [-0.05, 0) is 27.7 Å². The lowest BCUT2D eigenvalue weighted by Crippen LogP contribution is -2.36. The van der Waals surface area contributed by atoms with Gasteiger partial charge >= 0.3 is 12.1 Å². The van der Waals surface area contributed by atoms with E-state index in [1.807, 2.05) is 0 Å². The van der Waals surface area contributed by atoms with Crippen molar-refractivity contribution in [1.29, 1.82) is 0 Å². The molecule has 92 valence electrons. The molecule has 0 saturated heterocycles. The van der Waals surface area contributed by atoms with Crippen LogP contribution in [0.1, 0.15) is 27.7 Å². The number of nitrogens with one attached hydrogen (secondary N) is 1. The molecule has 0 aliphatic heterocycles. The van der Waals surface area contributed by atoms with Crippen LogP contribution < -0.4 is 5.32 Å². The zero-order valence-electron chi connectivity index (χ0n) is 10.4. The number of methoxy groups -OCH3 is 1. The summed E-state index contributed by atoms with van der Waals surface area (Å²) in [6.07, 6.45) is 2.26. The summed E-state index contributed by atoms with van der Waals surface area (Å²) in [5, 5.41) is 2.56. The van der Waals surface area contributed by atoms with Gasteiger partial charge < -0.3 is 14.8 Å². The number of ether oxygens (including phenoxy) is 2. The van der Waals surface area contributed by atoms with Crippen LogP contribution in [-0.4, -0.2) is 30.8 Å². The molecule has 0 heterocycles. The highest BCUT2D eigenvalue weighted by molar-refractivity contribution is 5.82. The van der Waals surface area contributed by atoms with Gasteiger partial charge in [-0.1, -0.05) is 6.08 Å². The second kappa shape index (κ2) is 6.15. The molecular weight excluding hydrogens is 210 g/mol. The van der Waals surface area contributed by atoms with Crippen molar-refractivity contribution in [1.82, 2.24) is 5.32 Å². The minimum absolute atomic E-state index is 0.297. The van der Waals surface area contributed by atoms with Gasteiger partial charge in [-0.15, -0.1) is 0 Å². The van der Waals surface area contributed by atoms with Crippen LogP contribution in [-0.2, 0) is 14.3 Å². The highest BCUT2D eigenvalue weighted by Crippen LogP contribution is 2.06. The van der Waals surface area contributed by atoms with Crippen molar-refractivity contribution in [2.45, 2.75) is 39.3 Å². The molecule has 0 saturated carbocycles. The Morgan fingerprint density at radius 1 is 1.31 bits per heavy atom. The molecule has 5 heteroatoms. The SMILES string of the molecule is COC(=O)C=CC(C)NC(=O)OC(C)(C)C. The van der Waals surface area contributed by atoms with Gasteiger partial charge in [0.2, 0.25) is 0 Å². The number of carbonyl (C=O) groups is 2. The average molecular weight is 229 g/mol. The topological polar surface area (TPSA) is 64.6 Å². The molecule has 1 N–H and O–H groups in total. The van der Waals surface area contributed by atoms with E-state index in [1.165, 1.54) is 19.3 Å². The first-order valence-corrected chi connectivity index (χ1v) is 5.00. The van der Waals surface area contributed by atoms with Crippen molar-refractivity contribution < 1.29 is 19.1 Å². The summed E-state index contributed by atoms with van der Waals surface area (Å²) in [4.78, 5) is 22.1. The van der Waals surface area contributed by atoms with Crippen molar-refractivity contribution in [3.8, 4) is 0 Å². The van der Waals surface area contributed by atoms with Crippen LogP contribution >= 0.6 is 0 Å². The number of rotatable bonds is 3. The van der Waals surface area contributed by atoms with E-state index in [1.54, 1.807) is 27.7 Å². The Balaban J connectivity index is 4.06. The normalized spacial score (nSPS) is 13.3. The van der Waals surface area contributed by atoms with E-state index in [2.05, 4.69) is 10.1 Å². The molecular formula is C11H19NO4. The Morgan fingerprint density at radius 2 is 1.88 bits per heavy atom. The van der Waals surface area contributed by atoms with Gasteiger partial charge in [0.1, 0.15) is 5.60 Å². The van der Waals surface area contributed by atoms with Crippen molar-refractivity contribution in [3.05, 3.63) is 12.2 Å². The third kappa shape index (κ3) is 7.84. The Kier molecular flexibility index (Phi) is 5.56. The van der Waals surface area contributed by atoms with E-state index < -0.39 is 17.7 Å². The van der Waals surface area contributed by atoms with Crippen LogP contribution in [0, 0.1) is 0 Å². The van der Waals surface area contributed by atoms with Gasteiger partial charge in [0.25, 0.3) is 0 Å². The largest absolute Gasteiger partial charge is 0.466 e. The molecule has 0 rings (SSSR count). The first-order chi connectivity index (χ1) is 7.24. The number of esters is 1. The van der Waals surface area contributed by atoms with Crippen molar-refractivity contribution in [2.24, 2.45) is 0 Å². The van der Waals surface area contributed by atoms with E-state index in [-0.39, 0.29) is 6.04 Å². The summed E-state index contributed by atoms with van der Waals surface area (Å²) >= 11 is 0. The van der Waals surface area contributed by atoms with Crippen LogP contribution in [0.2, 0.25) is 0 Å². The Morgan fingerprint density at radius 3 is 2.31 bits per heavy atom. The quantitative estimate of drug-likeness (QED) is 0.590. The van der Waals surface area contributed by atoms with E-state index in [0.717, 1.165) is 0 Å². The van der Waals surface area contributed by atoms with Crippen LogP contribution in [0.15, 0.2) is 12.2 Å². The zero-order chi connectivity index (χ0) is 12.8. The standard InChI is InChI=1S/C11H19NO4/c1-8(6-7-9(13)15-5)12-10(14)16-11(2,3)4/h6-8H,1-5H3,(H,12,14). The maximum atomic E-state index is 11.3. The molecule has 0 fully saturated rings. The molecule has 1 unspecified atom stereocenters. The van der Waals surface area contributed by atoms with Crippen molar-refractivity contribution >= 4 is 12.1 Å². The number of amides is 1. The fourth-order valence-electron chi connectivity index (χ4n) is 0.833. The van der Waals surface area contributed by atoms with Gasteiger partial charge in [0.05, 0.1) is 7.11 Å². The van der Waals surface area contributed by atoms with Gasteiger partial charge in [0, 0.05) is 12.1 Å². The minimum atomic E-state index is -0.532. The average Bonchev–Trinajstić information content (AvgIpc) is 2.10. The third-order valence-corrected chi connectivity index (χ3v) is 1.47. The number of alkyl carbamates (subject to hydrolysis) is 1. The van der Waals surface area contributed by atoms with Gasteiger partial charge in [-0.3, -0.25) is 0 Å². The van der Waals surface area contributed by atoms with Crippen LogP contribution in [0.25, 0.3) is 0 Å². The van der Waals surface area contributed by atoms with E-state index in [9.17, 15) is 9.59 Å². The predicted molar refractivity (Wildman–Crippen MR) is 60.0 cm³/mol. The minimum Gasteiger partial charge on any atom is -0.466 e. The first kappa shape index (κ1) is 14.5. The Hall–Kier alpha value is -1.52. The third-order valence-electron chi connectivity index (χ3n) is 1.47. The predicted octanol–water partition coefficient (Wildman–Crippen LogP) is 1.63. The van der Waals surface area contributed by atoms with E-state index >= 15 is 0 Å². The fraction of sp³-hybridized carbons (Fsp3) is 0.636. The molecule has 16 heavy (non-hydrogen) atoms. The lowest BCUT2D eigenvalue weighted by Gasteiger charge is -2.20. The molecule has 0 aromatic heterocycles. The van der Waals surface area contributed by atoms with E-state index in [4.69, 9.17) is 4.74 Å². The Bertz CT molecular complexity index is 278. The first-order valence-electron chi connectivity index (χ1n) is 5.00. The summed E-state index contributed by atoms with van der Waals surface area (Å²) < 4.78 is 9.46. The van der Waals surface area contributed by atoms with Crippen LogP contribution in [0.5, 0.6) is 0 Å². The molecule has 1 atom stereocenters. The van der Waals surface area contributed by atoms with Crippen LogP contribution in [0.4, 0.5) is 4.79 Å². The lowest BCUT2D eigenvalue weighted by atomic mass is 10.2. The molecule has 5 nitrogen and oxygen atoms in total. The summed E-state index contributed by atoms with van der Waals surface area (Å²) in [5.74, 6) is -0.460. The summed E-state index contributed by atoms with van der Waals surface area (Å²) in [5.41, 5.74) is -0.532. The summed E-state index contributed by atoms with van der Waals surface area (Å²) in [6, 6.07) is -0.297. The Labute approximate surface area is 95.8 Å². The second-order valence-electron chi connectivity index (χ2n) is 4.32. The molecule has 0 radical (unpaired) electrons. The van der Waals surface area contributed by atoms with Gasteiger partial charge in [-0.25, -0.2) is 9.59 Å². The smallest absolute Gasteiger partial charge is 0.408 e. The summed E-state index contributed by atoms with van der Waals surface area (Å²) in [6.45, 7) is 7.06. The maximum absolute atomic E-state index is 11.3. The second-order valence-corrected chi connectivity index (χ2v) is 4.32. The highest BCUT2D eigenvalue weighted by Gasteiger charge is 2.16. The molecule has 0 bridgehead atoms. The molecule has 0 aliphatic carbocycles. The number of hydrogen-bond donors (Lipinski definition) is 1. The molecule has 1 amide bonds. The molecule has 0 aromatic rings. The van der Waals surface area contributed by atoms with Crippen molar-refractivity contribution in [3.63, 3.8) is 0 Å². The number of hydrogen-bond acceptors (Lipinski definition) is 4. The molecule has 0 spiro atoms. The van der Waals surface area contributed by atoms with E-state index in [0.29, 0.717) is 0 Å².